The first-order chi connectivity index (χ1) is 12.5. The molecule has 0 saturated heterocycles. The molecule has 0 aliphatic carbocycles. The molecule has 0 aliphatic rings. The van der Waals surface area contributed by atoms with Crippen LogP contribution in [0.4, 0.5) is 0 Å². The maximum atomic E-state index is 12.1. The average Bonchev–Trinajstić information content (AvgIpc) is 3.05. The van der Waals surface area contributed by atoms with Gasteiger partial charge in [0.25, 0.3) is 0 Å². The van der Waals surface area contributed by atoms with Gasteiger partial charge in [-0.3, -0.25) is 14.4 Å². The third kappa shape index (κ3) is 4.59. The smallest absolute Gasteiger partial charge is 0.320 e. The molecule has 0 unspecified atom stereocenters. The fourth-order valence-electron chi connectivity index (χ4n) is 2.56. The van der Waals surface area contributed by atoms with Gasteiger partial charge in [-0.15, -0.1) is 0 Å². The molecule has 0 aliphatic heterocycles. The van der Waals surface area contributed by atoms with Crippen molar-refractivity contribution in [3.63, 3.8) is 0 Å². The van der Waals surface area contributed by atoms with Crippen LogP contribution in [0.3, 0.4) is 0 Å². The van der Waals surface area contributed by atoms with Crippen LogP contribution >= 0.6 is 0 Å². The first-order valence-corrected chi connectivity index (χ1v) is 8.50. The normalized spacial score (nSPS) is 10.6. The number of rotatable bonds is 8. The van der Waals surface area contributed by atoms with E-state index >= 15 is 0 Å². The van der Waals surface area contributed by atoms with E-state index in [0.29, 0.717) is 17.1 Å². The zero-order valence-corrected chi connectivity index (χ0v) is 15.1. The Morgan fingerprint density at radius 1 is 1.00 bits per heavy atom. The van der Waals surface area contributed by atoms with Crippen LogP contribution in [0.2, 0.25) is 0 Å². The van der Waals surface area contributed by atoms with E-state index in [9.17, 15) is 14.4 Å². The van der Waals surface area contributed by atoms with E-state index in [1.165, 1.54) is 6.92 Å². The van der Waals surface area contributed by atoms with Crippen molar-refractivity contribution in [1.29, 1.82) is 0 Å². The molecule has 2 aromatic rings. The molecule has 138 valence electrons. The SMILES string of the molecule is CCOC(=O)C(Cc1cc(C(C)=O)c(-c2ccccc2)o1)C(=O)OCC. The van der Waals surface area contributed by atoms with E-state index in [1.54, 1.807) is 19.9 Å². The minimum atomic E-state index is -1.13. The summed E-state index contributed by atoms with van der Waals surface area (Å²) in [5.41, 5.74) is 1.14. The lowest BCUT2D eigenvalue weighted by molar-refractivity contribution is -0.161. The molecule has 0 saturated carbocycles. The predicted octanol–water partition coefficient (Wildman–Crippen LogP) is 3.43. The lowest BCUT2D eigenvalue weighted by Crippen LogP contribution is -2.29. The van der Waals surface area contributed by atoms with E-state index in [0.717, 1.165) is 5.56 Å². The van der Waals surface area contributed by atoms with Crippen molar-refractivity contribution in [2.45, 2.75) is 27.2 Å². The fourth-order valence-corrected chi connectivity index (χ4v) is 2.56. The number of furan rings is 1. The van der Waals surface area contributed by atoms with Gasteiger partial charge >= 0.3 is 11.9 Å². The molecule has 1 aromatic carbocycles. The van der Waals surface area contributed by atoms with Crippen molar-refractivity contribution in [3.05, 3.63) is 47.7 Å². The summed E-state index contributed by atoms with van der Waals surface area (Å²) < 4.78 is 15.7. The second-order valence-electron chi connectivity index (χ2n) is 5.64. The van der Waals surface area contributed by atoms with Gasteiger partial charge in [0, 0.05) is 12.0 Å². The quantitative estimate of drug-likeness (QED) is 0.408. The third-order valence-electron chi connectivity index (χ3n) is 3.75. The summed E-state index contributed by atoms with van der Waals surface area (Å²) in [7, 11) is 0. The Labute approximate surface area is 152 Å². The number of ketones is 1. The van der Waals surface area contributed by atoms with E-state index in [1.807, 2.05) is 30.3 Å². The molecule has 1 heterocycles. The minimum Gasteiger partial charge on any atom is -0.465 e. The van der Waals surface area contributed by atoms with Gasteiger partial charge in [-0.1, -0.05) is 30.3 Å². The topological polar surface area (TPSA) is 82.8 Å². The van der Waals surface area contributed by atoms with Gasteiger partial charge in [0.1, 0.15) is 11.5 Å². The molecule has 1 aromatic heterocycles. The first kappa shape index (κ1) is 19.4. The van der Waals surface area contributed by atoms with Gasteiger partial charge in [0.2, 0.25) is 0 Å². The Balaban J connectivity index is 2.35. The predicted molar refractivity (Wildman–Crippen MR) is 94.6 cm³/mol. The molecule has 0 spiro atoms. The number of esters is 2. The van der Waals surface area contributed by atoms with E-state index in [4.69, 9.17) is 13.9 Å². The van der Waals surface area contributed by atoms with Crippen LogP contribution in [0.5, 0.6) is 0 Å². The van der Waals surface area contributed by atoms with Gasteiger partial charge < -0.3 is 13.9 Å². The van der Waals surface area contributed by atoms with Crippen molar-refractivity contribution in [2.24, 2.45) is 5.92 Å². The summed E-state index contributed by atoms with van der Waals surface area (Å²) in [4.78, 5) is 36.2. The van der Waals surface area contributed by atoms with Gasteiger partial charge in [-0.25, -0.2) is 0 Å². The van der Waals surface area contributed by atoms with Crippen LogP contribution in [0.1, 0.15) is 36.9 Å². The van der Waals surface area contributed by atoms with Gasteiger partial charge in [0.15, 0.2) is 11.7 Å². The molecule has 0 atom stereocenters. The second kappa shape index (κ2) is 8.99. The summed E-state index contributed by atoms with van der Waals surface area (Å²) >= 11 is 0. The van der Waals surface area contributed by atoms with Crippen LogP contribution in [0.15, 0.2) is 40.8 Å². The monoisotopic (exact) mass is 358 g/mol. The Kier molecular flexibility index (Phi) is 6.72. The number of carbonyl (C=O) groups excluding carboxylic acids is 3. The Bertz CT molecular complexity index is 757. The van der Waals surface area contributed by atoms with Gasteiger partial charge in [-0.2, -0.15) is 0 Å². The summed E-state index contributed by atoms with van der Waals surface area (Å²) in [6.45, 7) is 5.07. The number of benzene rings is 1. The van der Waals surface area contributed by atoms with Crippen LogP contribution in [0.25, 0.3) is 11.3 Å². The molecule has 0 amide bonds. The van der Waals surface area contributed by atoms with Crippen LogP contribution in [-0.2, 0) is 25.5 Å². The highest BCUT2D eigenvalue weighted by atomic mass is 16.6. The number of ether oxygens (including phenoxy) is 2. The van der Waals surface area contributed by atoms with Crippen LogP contribution in [0, 0.1) is 5.92 Å². The number of hydrogen-bond acceptors (Lipinski definition) is 6. The number of hydrogen-bond donors (Lipinski definition) is 0. The highest BCUT2D eigenvalue weighted by Gasteiger charge is 2.32. The molecule has 0 N–H and O–H groups in total. The molecule has 6 heteroatoms. The number of Topliss-reactive ketones (excluding diaryl/α,β-unsaturated/α-hetero) is 1. The molecular weight excluding hydrogens is 336 g/mol. The fraction of sp³-hybridized carbons (Fsp3) is 0.350. The van der Waals surface area contributed by atoms with Crippen molar-refractivity contribution >= 4 is 17.7 Å². The lowest BCUT2D eigenvalue weighted by atomic mass is 10.0. The van der Waals surface area contributed by atoms with E-state index < -0.39 is 17.9 Å². The van der Waals surface area contributed by atoms with Gasteiger partial charge in [0.05, 0.1) is 18.8 Å². The van der Waals surface area contributed by atoms with Crippen LogP contribution < -0.4 is 0 Å². The molecule has 0 fully saturated rings. The summed E-state index contributed by atoms with van der Waals surface area (Å²) in [6, 6.07) is 10.7. The van der Waals surface area contributed by atoms with Gasteiger partial charge in [-0.05, 0) is 26.8 Å². The Hall–Kier alpha value is -2.89. The maximum Gasteiger partial charge on any atom is 0.320 e. The molecule has 2 rings (SSSR count). The Morgan fingerprint density at radius 2 is 1.58 bits per heavy atom. The highest BCUT2D eigenvalue weighted by molar-refractivity contribution is 6.00. The summed E-state index contributed by atoms with van der Waals surface area (Å²) in [5, 5.41) is 0. The zero-order valence-electron chi connectivity index (χ0n) is 15.1. The molecular formula is C20H22O6. The molecule has 6 nitrogen and oxygen atoms in total. The molecule has 0 bridgehead atoms. The largest absolute Gasteiger partial charge is 0.465 e. The first-order valence-electron chi connectivity index (χ1n) is 8.50. The Morgan fingerprint density at radius 3 is 2.08 bits per heavy atom. The minimum absolute atomic E-state index is 0.0369. The average molecular weight is 358 g/mol. The number of carbonyl (C=O) groups is 3. The highest BCUT2D eigenvalue weighted by Crippen LogP contribution is 2.29. The van der Waals surface area contributed by atoms with Crippen molar-refractivity contribution in [1.82, 2.24) is 0 Å². The van der Waals surface area contributed by atoms with Crippen LogP contribution in [-0.4, -0.2) is 30.9 Å². The van der Waals surface area contributed by atoms with E-state index in [-0.39, 0.29) is 25.4 Å². The van der Waals surface area contributed by atoms with Crippen molar-refractivity contribution in [3.8, 4) is 11.3 Å². The molecule has 26 heavy (non-hydrogen) atoms. The second-order valence-corrected chi connectivity index (χ2v) is 5.64. The van der Waals surface area contributed by atoms with Crippen molar-refractivity contribution in [2.75, 3.05) is 13.2 Å². The van der Waals surface area contributed by atoms with E-state index in [2.05, 4.69) is 0 Å². The standard InChI is InChI=1S/C20H22O6/c1-4-24-19(22)17(20(23)25-5-2)12-15-11-16(13(3)21)18(26-15)14-9-7-6-8-10-14/h6-11,17H,4-5,12H2,1-3H3. The molecule has 0 radical (unpaired) electrons. The summed E-state index contributed by atoms with van der Waals surface area (Å²) in [5.74, 6) is -1.88. The van der Waals surface area contributed by atoms with Crippen molar-refractivity contribution < 1.29 is 28.3 Å². The maximum absolute atomic E-state index is 12.1. The third-order valence-corrected chi connectivity index (χ3v) is 3.75. The zero-order chi connectivity index (χ0) is 19.1. The lowest BCUT2D eigenvalue weighted by Gasteiger charge is -2.13. The summed E-state index contributed by atoms with van der Waals surface area (Å²) in [6.07, 6.45) is -0.0369.